The second-order valence-electron chi connectivity index (χ2n) is 5.04. The van der Waals surface area contributed by atoms with Crippen LogP contribution in [0, 0.1) is 6.92 Å². The molecule has 0 spiro atoms. The number of aryl methyl sites for hydroxylation is 1. The highest BCUT2D eigenvalue weighted by molar-refractivity contribution is 9.10. The van der Waals surface area contributed by atoms with Crippen molar-refractivity contribution in [2.24, 2.45) is 0 Å². The molecule has 1 aromatic carbocycles. The van der Waals surface area contributed by atoms with E-state index in [-0.39, 0.29) is 24.6 Å². The Kier molecular flexibility index (Phi) is 5.51. The highest BCUT2D eigenvalue weighted by atomic mass is 79.9. The number of amides is 1. The molecule has 0 aliphatic rings. The number of aliphatic hydroxyl groups excluding tert-OH is 1. The van der Waals surface area contributed by atoms with Gasteiger partial charge in [0.25, 0.3) is 5.56 Å². The topological polar surface area (TPSA) is 71.3 Å². The third kappa shape index (κ3) is 4.54. The molecule has 0 radical (unpaired) electrons. The lowest BCUT2D eigenvalue weighted by molar-refractivity contribution is -0.122. The number of nitrogens with zero attached hydrogens (tertiary/aromatic N) is 1. The van der Waals surface area contributed by atoms with Crippen molar-refractivity contribution in [3.63, 3.8) is 0 Å². The second kappa shape index (κ2) is 7.38. The summed E-state index contributed by atoms with van der Waals surface area (Å²) in [4.78, 5) is 23.5. The first-order valence-corrected chi connectivity index (χ1v) is 7.62. The molecule has 116 valence electrons. The first-order valence-electron chi connectivity index (χ1n) is 6.83. The summed E-state index contributed by atoms with van der Waals surface area (Å²) in [5.41, 5.74) is 1.59. The molecular formula is C16H17BrN2O3. The fourth-order valence-electron chi connectivity index (χ4n) is 1.95. The number of nitrogens with one attached hydrogen (secondary N) is 1. The SMILES string of the molecule is Cc1ccc(C(O)CNC(=O)Cn2cc(Br)ccc2=O)cc1. The summed E-state index contributed by atoms with van der Waals surface area (Å²) in [5.74, 6) is -0.327. The third-order valence-corrected chi connectivity index (χ3v) is 3.69. The van der Waals surface area contributed by atoms with Crippen molar-refractivity contribution in [1.82, 2.24) is 9.88 Å². The van der Waals surface area contributed by atoms with Gasteiger partial charge in [-0.25, -0.2) is 0 Å². The van der Waals surface area contributed by atoms with Gasteiger partial charge in [0.2, 0.25) is 5.91 Å². The van der Waals surface area contributed by atoms with Crippen molar-refractivity contribution < 1.29 is 9.90 Å². The summed E-state index contributed by atoms with van der Waals surface area (Å²) in [6.45, 7) is 1.98. The molecular weight excluding hydrogens is 348 g/mol. The Bertz CT molecular complexity index is 710. The Morgan fingerprint density at radius 3 is 2.64 bits per heavy atom. The summed E-state index contributed by atoms with van der Waals surface area (Å²) in [6.07, 6.45) is 0.780. The van der Waals surface area contributed by atoms with Gasteiger partial charge in [-0.05, 0) is 34.5 Å². The van der Waals surface area contributed by atoms with Gasteiger partial charge in [0.15, 0.2) is 0 Å². The lowest BCUT2D eigenvalue weighted by Crippen LogP contribution is -2.34. The molecule has 22 heavy (non-hydrogen) atoms. The van der Waals surface area contributed by atoms with Crippen LogP contribution in [0.15, 0.2) is 51.9 Å². The first-order chi connectivity index (χ1) is 10.5. The molecule has 0 aliphatic carbocycles. The standard InChI is InChI=1S/C16H17BrN2O3/c1-11-2-4-12(5-3-11)14(20)8-18-15(21)10-19-9-13(17)6-7-16(19)22/h2-7,9,14,20H,8,10H2,1H3,(H,18,21). The Morgan fingerprint density at radius 1 is 1.27 bits per heavy atom. The maximum atomic E-state index is 11.9. The normalized spacial score (nSPS) is 12.0. The number of pyridine rings is 1. The van der Waals surface area contributed by atoms with E-state index >= 15 is 0 Å². The van der Waals surface area contributed by atoms with E-state index in [0.717, 1.165) is 15.6 Å². The van der Waals surface area contributed by atoms with Crippen molar-refractivity contribution in [2.75, 3.05) is 6.54 Å². The van der Waals surface area contributed by atoms with E-state index in [4.69, 9.17) is 0 Å². The number of carbonyl (C=O) groups excluding carboxylic acids is 1. The predicted octanol–water partition coefficient (Wildman–Crippen LogP) is 1.77. The number of benzene rings is 1. The second-order valence-corrected chi connectivity index (χ2v) is 5.96. The summed E-state index contributed by atoms with van der Waals surface area (Å²) in [5, 5.41) is 12.7. The highest BCUT2D eigenvalue weighted by Crippen LogP contribution is 2.12. The van der Waals surface area contributed by atoms with E-state index in [2.05, 4.69) is 21.2 Å². The number of hydrogen-bond acceptors (Lipinski definition) is 3. The third-order valence-electron chi connectivity index (χ3n) is 3.22. The molecule has 6 heteroatoms. The van der Waals surface area contributed by atoms with E-state index in [1.807, 2.05) is 31.2 Å². The number of halogens is 1. The zero-order chi connectivity index (χ0) is 16.1. The van der Waals surface area contributed by atoms with Gasteiger partial charge in [-0.2, -0.15) is 0 Å². The minimum absolute atomic E-state index is 0.0844. The Labute approximate surface area is 136 Å². The molecule has 1 heterocycles. The summed E-state index contributed by atoms with van der Waals surface area (Å²) in [7, 11) is 0. The number of rotatable bonds is 5. The van der Waals surface area contributed by atoms with Gasteiger partial charge < -0.3 is 15.0 Å². The number of hydrogen-bond donors (Lipinski definition) is 2. The first kappa shape index (κ1) is 16.5. The molecule has 2 rings (SSSR count). The van der Waals surface area contributed by atoms with Crippen LogP contribution in [0.1, 0.15) is 17.2 Å². The number of aromatic nitrogens is 1. The molecule has 2 N–H and O–H groups in total. The average Bonchev–Trinajstić information content (AvgIpc) is 2.49. The van der Waals surface area contributed by atoms with Gasteiger partial charge in [0, 0.05) is 23.3 Å². The van der Waals surface area contributed by atoms with Crippen LogP contribution in [-0.4, -0.2) is 22.1 Å². The minimum Gasteiger partial charge on any atom is -0.387 e. The quantitative estimate of drug-likeness (QED) is 0.849. The van der Waals surface area contributed by atoms with Crippen LogP contribution in [0.2, 0.25) is 0 Å². The van der Waals surface area contributed by atoms with E-state index in [1.54, 1.807) is 12.3 Å². The van der Waals surface area contributed by atoms with Crippen molar-refractivity contribution >= 4 is 21.8 Å². The van der Waals surface area contributed by atoms with Gasteiger partial charge >= 0.3 is 0 Å². The van der Waals surface area contributed by atoms with Crippen LogP contribution < -0.4 is 10.9 Å². The number of aliphatic hydroxyl groups is 1. The largest absolute Gasteiger partial charge is 0.387 e. The van der Waals surface area contributed by atoms with Gasteiger partial charge in [-0.1, -0.05) is 29.8 Å². The molecule has 0 aliphatic heterocycles. The van der Waals surface area contributed by atoms with Gasteiger partial charge in [0.1, 0.15) is 6.54 Å². The summed E-state index contributed by atoms with van der Waals surface area (Å²) < 4.78 is 2.03. The average molecular weight is 365 g/mol. The zero-order valence-corrected chi connectivity index (χ0v) is 13.7. The molecule has 1 unspecified atom stereocenters. The van der Waals surface area contributed by atoms with Crippen molar-refractivity contribution in [3.8, 4) is 0 Å². The van der Waals surface area contributed by atoms with Crippen molar-refractivity contribution in [3.05, 3.63) is 68.5 Å². The molecule has 0 saturated heterocycles. The summed E-state index contributed by atoms with van der Waals surface area (Å²) in [6, 6.07) is 10.5. The van der Waals surface area contributed by atoms with Crippen LogP contribution >= 0.6 is 15.9 Å². The maximum Gasteiger partial charge on any atom is 0.251 e. The molecule has 2 aromatic rings. The van der Waals surface area contributed by atoms with E-state index in [1.165, 1.54) is 10.6 Å². The molecule has 1 atom stereocenters. The fourth-order valence-corrected chi connectivity index (χ4v) is 2.33. The van der Waals surface area contributed by atoms with Gasteiger partial charge in [-0.15, -0.1) is 0 Å². The van der Waals surface area contributed by atoms with Crippen molar-refractivity contribution in [1.29, 1.82) is 0 Å². The van der Waals surface area contributed by atoms with E-state index < -0.39 is 6.10 Å². The lowest BCUT2D eigenvalue weighted by atomic mass is 10.1. The number of carbonyl (C=O) groups is 1. The van der Waals surface area contributed by atoms with Gasteiger partial charge in [0.05, 0.1) is 6.10 Å². The van der Waals surface area contributed by atoms with Crippen LogP contribution in [0.5, 0.6) is 0 Å². The van der Waals surface area contributed by atoms with E-state index in [9.17, 15) is 14.7 Å². The Hall–Kier alpha value is -1.92. The van der Waals surface area contributed by atoms with Crippen molar-refractivity contribution in [2.45, 2.75) is 19.6 Å². The lowest BCUT2D eigenvalue weighted by Gasteiger charge is -2.13. The smallest absolute Gasteiger partial charge is 0.251 e. The molecule has 1 amide bonds. The Morgan fingerprint density at radius 2 is 1.95 bits per heavy atom. The predicted molar refractivity (Wildman–Crippen MR) is 87.6 cm³/mol. The molecule has 0 bridgehead atoms. The molecule has 5 nitrogen and oxygen atoms in total. The zero-order valence-electron chi connectivity index (χ0n) is 12.1. The highest BCUT2D eigenvalue weighted by Gasteiger charge is 2.10. The fraction of sp³-hybridized carbons (Fsp3) is 0.250. The van der Waals surface area contributed by atoms with Crippen LogP contribution in [-0.2, 0) is 11.3 Å². The van der Waals surface area contributed by atoms with Crippen LogP contribution in [0.3, 0.4) is 0 Å². The maximum absolute atomic E-state index is 11.9. The molecule has 0 fully saturated rings. The molecule has 1 aromatic heterocycles. The van der Waals surface area contributed by atoms with Gasteiger partial charge in [-0.3, -0.25) is 9.59 Å². The Balaban J connectivity index is 1.91. The van der Waals surface area contributed by atoms with Crippen LogP contribution in [0.4, 0.5) is 0 Å². The van der Waals surface area contributed by atoms with E-state index in [0.29, 0.717) is 0 Å². The summed E-state index contributed by atoms with van der Waals surface area (Å²) >= 11 is 3.25. The molecule has 0 saturated carbocycles. The minimum atomic E-state index is -0.774. The monoisotopic (exact) mass is 364 g/mol. The van der Waals surface area contributed by atoms with Crippen LogP contribution in [0.25, 0.3) is 0 Å².